The Morgan fingerprint density at radius 2 is 2.26 bits per heavy atom. The van der Waals surface area contributed by atoms with E-state index < -0.39 is 0 Å². The quantitative estimate of drug-likeness (QED) is 0.562. The first-order valence-corrected chi connectivity index (χ1v) is 7.95. The van der Waals surface area contributed by atoms with Crippen molar-refractivity contribution in [3.05, 3.63) is 16.1 Å². The minimum atomic E-state index is 0.100. The SMILES string of the molecule is CNC(=O)CCN(C)CCCCc1nc(CCl)cs1. The van der Waals surface area contributed by atoms with Gasteiger partial charge in [0, 0.05) is 25.4 Å². The standard InChI is InChI=1S/C13H22ClN3OS/c1-15-12(18)6-8-17(2)7-4-3-5-13-16-11(9-14)10-19-13/h10H,3-9H2,1-2H3,(H,15,18). The first-order chi connectivity index (χ1) is 9.15. The van der Waals surface area contributed by atoms with E-state index >= 15 is 0 Å². The number of unbranched alkanes of at least 4 members (excludes halogenated alkanes) is 1. The van der Waals surface area contributed by atoms with Crippen LogP contribution in [0, 0.1) is 0 Å². The Morgan fingerprint density at radius 3 is 2.89 bits per heavy atom. The van der Waals surface area contributed by atoms with Crippen LogP contribution >= 0.6 is 22.9 Å². The van der Waals surface area contributed by atoms with Crippen LogP contribution in [0.25, 0.3) is 0 Å². The van der Waals surface area contributed by atoms with Crippen molar-refractivity contribution in [2.24, 2.45) is 0 Å². The first-order valence-electron chi connectivity index (χ1n) is 6.54. The van der Waals surface area contributed by atoms with Gasteiger partial charge in [-0.2, -0.15) is 0 Å². The number of carbonyl (C=O) groups is 1. The Labute approximate surface area is 124 Å². The molecular formula is C13H22ClN3OS. The normalized spacial score (nSPS) is 10.9. The highest BCUT2D eigenvalue weighted by Crippen LogP contribution is 2.14. The third-order valence-electron chi connectivity index (χ3n) is 2.92. The average molecular weight is 304 g/mol. The zero-order valence-corrected chi connectivity index (χ0v) is 13.2. The fraction of sp³-hybridized carbons (Fsp3) is 0.692. The molecule has 0 atom stereocenters. The maximum absolute atomic E-state index is 11.1. The van der Waals surface area contributed by atoms with E-state index in [4.69, 9.17) is 11.6 Å². The van der Waals surface area contributed by atoms with Crippen LogP contribution in [0.3, 0.4) is 0 Å². The molecule has 0 aliphatic rings. The van der Waals surface area contributed by atoms with Gasteiger partial charge in [0.15, 0.2) is 0 Å². The average Bonchev–Trinajstić information content (AvgIpc) is 2.88. The van der Waals surface area contributed by atoms with Crippen LogP contribution in [0.15, 0.2) is 5.38 Å². The molecule has 0 aliphatic heterocycles. The maximum Gasteiger partial charge on any atom is 0.221 e. The fourth-order valence-electron chi connectivity index (χ4n) is 1.71. The largest absolute Gasteiger partial charge is 0.359 e. The van der Waals surface area contributed by atoms with Crippen molar-refractivity contribution < 1.29 is 4.79 Å². The molecule has 1 amide bonds. The lowest BCUT2D eigenvalue weighted by Crippen LogP contribution is -2.27. The molecule has 1 rings (SSSR count). The number of carbonyl (C=O) groups excluding carboxylic acids is 1. The van der Waals surface area contributed by atoms with E-state index in [0.29, 0.717) is 12.3 Å². The minimum Gasteiger partial charge on any atom is -0.359 e. The number of aryl methyl sites for hydroxylation is 1. The van der Waals surface area contributed by atoms with Crippen LogP contribution in [-0.4, -0.2) is 43.0 Å². The molecule has 1 heterocycles. The van der Waals surface area contributed by atoms with E-state index in [1.54, 1.807) is 18.4 Å². The molecule has 0 bridgehead atoms. The number of halogens is 1. The molecule has 0 fully saturated rings. The van der Waals surface area contributed by atoms with Crippen LogP contribution < -0.4 is 5.32 Å². The zero-order valence-electron chi connectivity index (χ0n) is 11.6. The van der Waals surface area contributed by atoms with Crippen LogP contribution in [0.1, 0.15) is 30.0 Å². The molecule has 0 spiro atoms. The number of hydrogen-bond acceptors (Lipinski definition) is 4. The van der Waals surface area contributed by atoms with Gasteiger partial charge in [0.05, 0.1) is 16.6 Å². The summed E-state index contributed by atoms with van der Waals surface area (Å²) in [7, 11) is 3.73. The van der Waals surface area contributed by atoms with Gasteiger partial charge >= 0.3 is 0 Å². The summed E-state index contributed by atoms with van der Waals surface area (Å²) in [5.41, 5.74) is 0.976. The fourth-order valence-corrected chi connectivity index (χ4v) is 2.78. The molecule has 0 aromatic carbocycles. The van der Waals surface area contributed by atoms with E-state index in [-0.39, 0.29) is 5.91 Å². The minimum absolute atomic E-state index is 0.100. The number of nitrogens with one attached hydrogen (secondary N) is 1. The molecule has 4 nitrogen and oxygen atoms in total. The van der Waals surface area contributed by atoms with E-state index in [0.717, 1.165) is 38.0 Å². The number of hydrogen-bond donors (Lipinski definition) is 1. The second-order valence-corrected chi connectivity index (χ2v) is 5.76. The second kappa shape index (κ2) is 9.28. The van der Waals surface area contributed by atoms with Crippen molar-refractivity contribution in [2.75, 3.05) is 27.2 Å². The third kappa shape index (κ3) is 6.89. The summed E-state index contributed by atoms with van der Waals surface area (Å²) in [5, 5.41) is 5.83. The van der Waals surface area contributed by atoms with Gasteiger partial charge in [-0.05, 0) is 32.9 Å². The van der Waals surface area contributed by atoms with Gasteiger partial charge in [0.2, 0.25) is 5.91 Å². The molecule has 19 heavy (non-hydrogen) atoms. The molecule has 0 aliphatic carbocycles. The van der Waals surface area contributed by atoms with Gasteiger partial charge in [-0.15, -0.1) is 22.9 Å². The second-order valence-electron chi connectivity index (χ2n) is 4.55. The predicted octanol–water partition coefficient (Wildman–Crippen LogP) is 2.27. The molecule has 108 valence electrons. The number of alkyl halides is 1. The van der Waals surface area contributed by atoms with Crippen molar-refractivity contribution in [3.8, 4) is 0 Å². The molecule has 1 aromatic rings. The van der Waals surface area contributed by atoms with Crippen molar-refractivity contribution in [1.29, 1.82) is 0 Å². The molecule has 1 N–H and O–H groups in total. The zero-order chi connectivity index (χ0) is 14.1. The lowest BCUT2D eigenvalue weighted by Gasteiger charge is -2.15. The number of aromatic nitrogens is 1. The van der Waals surface area contributed by atoms with Crippen LogP contribution in [0.5, 0.6) is 0 Å². The molecular weight excluding hydrogens is 282 g/mol. The summed E-state index contributed by atoms with van der Waals surface area (Å²) >= 11 is 7.41. The van der Waals surface area contributed by atoms with Crippen LogP contribution in [0.4, 0.5) is 0 Å². The number of amides is 1. The maximum atomic E-state index is 11.1. The van der Waals surface area contributed by atoms with Gasteiger partial charge in [-0.25, -0.2) is 4.98 Å². The Balaban J connectivity index is 2.08. The van der Waals surface area contributed by atoms with Crippen molar-refractivity contribution >= 4 is 28.8 Å². The van der Waals surface area contributed by atoms with Crippen molar-refractivity contribution in [3.63, 3.8) is 0 Å². The van der Waals surface area contributed by atoms with Crippen molar-refractivity contribution in [1.82, 2.24) is 15.2 Å². The molecule has 0 radical (unpaired) electrons. The molecule has 1 aromatic heterocycles. The van der Waals surface area contributed by atoms with Gasteiger partial charge < -0.3 is 10.2 Å². The lowest BCUT2D eigenvalue weighted by molar-refractivity contribution is -0.120. The Morgan fingerprint density at radius 1 is 1.47 bits per heavy atom. The summed E-state index contributed by atoms with van der Waals surface area (Å²) in [5.74, 6) is 0.599. The number of nitrogens with zero attached hydrogens (tertiary/aromatic N) is 2. The van der Waals surface area contributed by atoms with E-state index in [1.807, 2.05) is 5.38 Å². The Kier molecular flexibility index (Phi) is 8.02. The van der Waals surface area contributed by atoms with Crippen LogP contribution in [0.2, 0.25) is 0 Å². The van der Waals surface area contributed by atoms with Crippen molar-refractivity contribution in [2.45, 2.75) is 31.6 Å². The van der Waals surface area contributed by atoms with Gasteiger partial charge in [-0.3, -0.25) is 4.79 Å². The van der Waals surface area contributed by atoms with Gasteiger partial charge in [0.1, 0.15) is 0 Å². The van der Waals surface area contributed by atoms with Crippen LogP contribution in [-0.2, 0) is 17.1 Å². The van der Waals surface area contributed by atoms with Gasteiger partial charge in [-0.1, -0.05) is 0 Å². The number of rotatable bonds is 9. The van der Waals surface area contributed by atoms with E-state index in [1.165, 1.54) is 5.01 Å². The number of thiazole rings is 1. The highest BCUT2D eigenvalue weighted by molar-refractivity contribution is 7.09. The monoisotopic (exact) mass is 303 g/mol. The smallest absolute Gasteiger partial charge is 0.221 e. The highest BCUT2D eigenvalue weighted by Gasteiger charge is 2.04. The van der Waals surface area contributed by atoms with E-state index in [9.17, 15) is 4.79 Å². The summed E-state index contributed by atoms with van der Waals surface area (Å²) in [4.78, 5) is 17.7. The summed E-state index contributed by atoms with van der Waals surface area (Å²) in [6.07, 6.45) is 3.84. The Bertz CT molecular complexity index is 384. The first kappa shape index (κ1) is 16.4. The summed E-state index contributed by atoms with van der Waals surface area (Å²) in [6.45, 7) is 1.83. The molecule has 0 unspecified atom stereocenters. The summed E-state index contributed by atoms with van der Waals surface area (Å²) in [6, 6.07) is 0. The molecule has 6 heteroatoms. The van der Waals surface area contributed by atoms with Gasteiger partial charge in [0.25, 0.3) is 0 Å². The topological polar surface area (TPSA) is 45.2 Å². The Hall–Kier alpha value is -0.650. The predicted molar refractivity (Wildman–Crippen MR) is 80.8 cm³/mol. The molecule has 0 saturated carbocycles. The summed E-state index contributed by atoms with van der Waals surface area (Å²) < 4.78 is 0. The lowest BCUT2D eigenvalue weighted by atomic mass is 10.2. The molecule has 0 saturated heterocycles. The third-order valence-corrected chi connectivity index (χ3v) is 4.15. The van der Waals surface area contributed by atoms with E-state index in [2.05, 4.69) is 22.2 Å². The highest BCUT2D eigenvalue weighted by atomic mass is 35.5.